The Hall–Kier alpha value is -2.17. The first-order valence-corrected chi connectivity index (χ1v) is 10.0. The summed E-state index contributed by atoms with van der Waals surface area (Å²) in [6.07, 6.45) is 6.72. The van der Waals surface area contributed by atoms with E-state index < -0.39 is 12.0 Å². The Morgan fingerprint density at radius 1 is 1.04 bits per heavy atom. The maximum atomic E-state index is 12.9. The second-order valence-corrected chi connectivity index (χ2v) is 8.79. The molecule has 0 spiro atoms. The van der Waals surface area contributed by atoms with Crippen LogP contribution in [0.25, 0.3) is 0 Å². The molecule has 4 aliphatic rings. The van der Waals surface area contributed by atoms with E-state index in [2.05, 4.69) is 5.32 Å². The van der Waals surface area contributed by atoms with Crippen LogP contribution in [0.3, 0.4) is 0 Å². The van der Waals surface area contributed by atoms with Crippen LogP contribution >= 0.6 is 0 Å². The van der Waals surface area contributed by atoms with Crippen LogP contribution < -0.4 is 5.32 Å². The molecule has 5 nitrogen and oxygen atoms in total. The zero-order chi connectivity index (χ0) is 19.0. The monoisotopic (exact) mass is 369 g/mol. The highest BCUT2D eigenvalue weighted by Gasteiger charge is 2.54. The summed E-state index contributed by atoms with van der Waals surface area (Å²) in [6, 6.07) is 7.93. The molecule has 4 fully saturated rings. The van der Waals surface area contributed by atoms with Gasteiger partial charge in [-0.25, -0.2) is 4.79 Å². The van der Waals surface area contributed by atoms with E-state index in [1.807, 2.05) is 6.07 Å². The summed E-state index contributed by atoms with van der Waals surface area (Å²) in [5, 5.41) is 2.63. The van der Waals surface area contributed by atoms with E-state index in [9.17, 15) is 14.4 Å². The molecule has 0 unspecified atom stereocenters. The summed E-state index contributed by atoms with van der Waals surface area (Å²) >= 11 is 0. The smallest absolute Gasteiger partial charge is 0.328 e. The SMILES string of the molecule is C[C@H](NC(=O)c1ccccc1)C(=O)OCC(=O)C12CC3CC(CC(C3)C1)C2. The maximum Gasteiger partial charge on any atom is 0.328 e. The van der Waals surface area contributed by atoms with E-state index in [0.717, 1.165) is 19.3 Å². The summed E-state index contributed by atoms with van der Waals surface area (Å²) in [6.45, 7) is 1.41. The van der Waals surface area contributed by atoms with Gasteiger partial charge in [-0.05, 0) is 75.3 Å². The van der Waals surface area contributed by atoms with E-state index in [1.165, 1.54) is 19.3 Å². The molecule has 0 aromatic heterocycles. The lowest BCUT2D eigenvalue weighted by Gasteiger charge is -2.55. The third-order valence-corrected chi connectivity index (χ3v) is 6.71. The number of esters is 1. The third-order valence-electron chi connectivity index (χ3n) is 6.71. The fraction of sp³-hybridized carbons (Fsp3) is 0.591. The molecule has 144 valence electrons. The number of amides is 1. The van der Waals surface area contributed by atoms with E-state index in [1.54, 1.807) is 31.2 Å². The van der Waals surface area contributed by atoms with Crippen LogP contribution in [0, 0.1) is 23.2 Å². The summed E-state index contributed by atoms with van der Waals surface area (Å²) in [7, 11) is 0. The summed E-state index contributed by atoms with van der Waals surface area (Å²) in [4.78, 5) is 37.3. The molecule has 1 amide bonds. The highest BCUT2D eigenvalue weighted by atomic mass is 16.5. The third kappa shape index (κ3) is 3.64. The topological polar surface area (TPSA) is 72.5 Å². The molecule has 4 aliphatic carbocycles. The summed E-state index contributed by atoms with van der Waals surface area (Å²) in [5.41, 5.74) is 0.229. The number of rotatable bonds is 6. The molecule has 1 aromatic rings. The Kier molecular flexibility index (Phi) is 4.79. The van der Waals surface area contributed by atoms with Gasteiger partial charge < -0.3 is 10.1 Å². The second kappa shape index (κ2) is 7.10. The zero-order valence-electron chi connectivity index (χ0n) is 15.8. The standard InChI is InChI=1S/C22H27NO4/c1-14(23-20(25)18-5-3-2-4-6-18)21(26)27-13-19(24)22-10-15-7-16(11-22)9-17(8-15)12-22/h2-6,14-17H,7-13H2,1H3,(H,23,25)/t14-,15?,16?,17?,22?/m0/s1. The summed E-state index contributed by atoms with van der Waals surface area (Å²) < 4.78 is 5.29. The highest BCUT2D eigenvalue weighted by Crippen LogP contribution is 2.60. The molecule has 5 rings (SSSR count). The van der Waals surface area contributed by atoms with E-state index in [4.69, 9.17) is 4.74 Å². The molecular formula is C22H27NO4. The Labute approximate surface area is 159 Å². The first-order chi connectivity index (χ1) is 12.9. The van der Waals surface area contributed by atoms with Gasteiger partial charge in [0.05, 0.1) is 0 Å². The van der Waals surface area contributed by atoms with Gasteiger partial charge in [-0.15, -0.1) is 0 Å². The number of carbonyl (C=O) groups excluding carboxylic acids is 3. The van der Waals surface area contributed by atoms with Crippen molar-refractivity contribution in [1.29, 1.82) is 0 Å². The summed E-state index contributed by atoms with van der Waals surface area (Å²) in [5.74, 6) is 1.24. The Balaban J connectivity index is 1.30. The number of Topliss-reactive ketones (excluding diaryl/α,β-unsaturated/α-hetero) is 1. The number of carbonyl (C=O) groups is 3. The molecule has 0 aliphatic heterocycles. The van der Waals surface area contributed by atoms with Gasteiger partial charge in [-0.1, -0.05) is 18.2 Å². The van der Waals surface area contributed by atoms with Crippen LogP contribution in [0.5, 0.6) is 0 Å². The average molecular weight is 369 g/mol. The van der Waals surface area contributed by atoms with Gasteiger partial charge in [0.2, 0.25) is 0 Å². The minimum absolute atomic E-state index is 0.0801. The van der Waals surface area contributed by atoms with Gasteiger partial charge in [0.25, 0.3) is 5.91 Å². The van der Waals surface area contributed by atoms with Crippen molar-refractivity contribution in [3.63, 3.8) is 0 Å². The number of hydrogen-bond donors (Lipinski definition) is 1. The largest absolute Gasteiger partial charge is 0.456 e. The van der Waals surface area contributed by atoms with Gasteiger partial charge >= 0.3 is 5.97 Å². The number of benzene rings is 1. The minimum Gasteiger partial charge on any atom is -0.456 e. The van der Waals surface area contributed by atoms with Crippen LogP contribution in [0.15, 0.2) is 30.3 Å². The Morgan fingerprint density at radius 2 is 1.59 bits per heavy atom. The van der Waals surface area contributed by atoms with Gasteiger partial charge in [0.1, 0.15) is 6.04 Å². The van der Waals surface area contributed by atoms with Crippen LogP contribution in [-0.4, -0.2) is 30.3 Å². The molecule has 1 aromatic carbocycles. The minimum atomic E-state index is -0.790. The molecule has 5 heteroatoms. The first-order valence-electron chi connectivity index (χ1n) is 10.0. The highest BCUT2D eigenvalue weighted by molar-refractivity contribution is 5.97. The number of nitrogens with one attached hydrogen (secondary N) is 1. The first kappa shape index (κ1) is 18.2. The fourth-order valence-corrected chi connectivity index (χ4v) is 5.80. The quantitative estimate of drug-likeness (QED) is 0.782. The second-order valence-electron chi connectivity index (χ2n) is 8.79. The van der Waals surface area contributed by atoms with Crippen molar-refractivity contribution in [1.82, 2.24) is 5.32 Å². The maximum absolute atomic E-state index is 12.9. The molecule has 1 N–H and O–H groups in total. The van der Waals surface area contributed by atoms with E-state index in [-0.39, 0.29) is 23.7 Å². The van der Waals surface area contributed by atoms with Crippen molar-refractivity contribution in [2.24, 2.45) is 23.2 Å². The molecular weight excluding hydrogens is 342 g/mol. The van der Waals surface area contributed by atoms with Gasteiger partial charge in [0, 0.05) is 11.0 Å². The Bertz CT molecular complexity index is 707. The van der Waals surface area contributed by atoms with Crippen molar-refractivity contribution >= 4 is 17.7 Å². The fourth-order valence-electron chi connectivity index (χ4n) is 5.80. The number of ether oxygens (including phenoxy) is 1. The normalized spacial score (nSPS) is 32.0. The van der Waals surface area contributed by atoms with Crippen LogP contribution in [0.4, 0.5) is 0 Å². The molecule has 1 atom stereocenters. The molecule has 27 heavy (non-hydrogen) atoms. The van der Waals surface area contributed by atoms with Gasteiger partial charge in [0.15, 0.2) is 12.4 Å². The lowest BCUT2D eigenvalue weighted by Crippen LogP contribution is -2.51. The molecule has 0 saturated heterocycles. The predicted octanol–water partition coefficient (Wildman–Crippen LogP) is 3.13. The molecule has 4 saturated carbocycles. The average Bonchev–Trinajstić information content (AvgIpc) is 2.65. The van der Waals surface area contributed by atoms with E-state index >= 15 is 0 Å². The molecule has 0 radical (unpaired) electrons. The van der Waals surface area contributed by atoms with Gasteiger partial charge in [-0.3, -0.25) is 9.59 Å². The van der Waals surface area contributed by atoms with Crippen molar-refractivity contribution in [3.05, 3.63) is 35.9 Å². The van der Waals surface area contributed by atoms with Crippen molar-refractivity contribution in [3.8, 4) is 0 Å². The van der Waals surface area contributed by atoms with Crippen molar-refractivity contribution in [2.75, 3.05) is 6.61 Å². The van der Waals surface area contributed by atoms with Crippen LogP contribution in [0.2, 0.25) is 0 Å². The number of hydrogen-bond acceptors (Lipinski definition) is 4. The number of ketones is 1. The van der Waals surface area contributed by atoms with Gasteiger partial charge in [-0.2, -0.15) is 0 Å². The van der Waals surface area contributed by atoms with Crippen molar-refractivity contribution in [2.45, 2.75) is 51.5 Å². The van der Waals surface area contributed by atoms with Crippen LogP contribution in [-0.2, 0) is 14.3 Å². The molecule has 0 heterocycles. The Morgan fingerprint density at radius 3 is 2.15 bits per heavy atom. The predicted molar refractivity (Wildman–Crippen MR) is 99.9 cm³/mol. The van der Waals surface area contributed by atoms with Crippen LogP contribution in [0.1, 0.15) is 55.8 Å². The van der Waals surface area contributed by atoms with Crippen molar-refractivity contribution < 1.29 is 19.1 Å². The van der Waals surface area contributed by atoms with E-state index in [0.29, 0.717) is 23.3 Å². The molecule has 4 bridgehead atoms. The lowest BCUT2D eigenvalue weighted by atomic mass is 9.48. The lowest BCUT2D eigenvalue weighted by molar-refractivity contribution is -0.158. The zero-order valence-corrected chi connectivity index (χ0v) is 15.8.